The molecule has 2 rings (SSSR count). The van der Waals surface area contributed by atoms with Gasteiger partial charge in [-0.2, -0.15) is 0 Å². The first kappa shape index (κ1) is 23.6. The minimum atomic E-state index is -0.114. The topological polar surface area (TPSA) is 57.1 Å². The Morgan fingerprint density at radius 3 is 2.53 bits per heavy atom. The Labute approximate surface area is 181 Å². The van der Waals surface area contributed by atoms with Gasteiger partial charge in [-0.15, -0.1) is 0 Å². The molecule has 0 saturated heterocycles. The second kappa shape index (κ2) is 10.9. The van der Waals surface area contributed by atoms with E-state index in [-0.39, 0.29) is 17.4 Å². The van der Waals surface area contributed by atoms with Crippen molar-refractivity contribution < 1.29 is 4.79 Å². The summed E-state index contributed by atoms with van der Waals surface area (Å²) in [5.41, 5.74) is 2.50. The molecule has 2 aliphatic heterocycles. The highest BCUT2D eigenvalue weighted by Gasteiger charge is 2.28. The molecule has 5 heteroatoms. The van der Waals surface area contributed by atoms with E-state index in [1.54, 1.807) is 0 Å². The highest BCUT2D eigenvalue weighted by Crippen LogP contribution is 2.31. The van der Waals surface area contributed by atoms with Gasteiger partial charge in [0.1, 0.15) is 11.4 Å². The summed E-state index contributed by atoms with van der Waals surface area (Å²) >= 11 is 0. The van der Waals surface area contributed by atoms with Crippen molar-refractivity contribution in [2.75, 3.05) is 6.54 Å². The molecule has 2 heterocycles. The van der Waals surface area contributed by atoms with Crippen molar-refractivity contribution in [3.63, 3.8) is 0 Å². The Morgan fingerprint density at radius 1 is 1.23 bits per heavy atom. The van der Waals surface area contributed by atoms with E-state index in [0.29, 0.717) is 23.5 Å². The first-order chi connectivity index (χ1) is 14.3. The molecule has 0 aromatic heterocycles. The lowest BCUT2D eigenvalue weighted by molar-refractivity contribution is -0.115. The van der Waals surface area contributed by atoms with Crippen molar-refractivity contribution >= 4 is 18.3 Å². The van der Waals surface area contributed by atoms with Gasteiger partial charge >= 0.3 is 0 Å². The number of rotatable bonds is 9. The Kier molecular flexibility index (Phi) is 8.58. The number of amides is 1. The van der Waals surface area contributed by atoms with Gasteiger partial charge in [0.25, 0.3) is 5.91 Å². The van der Waals surface area contributed by atoms with Crippen molar-refractivity contribution in [1.29, 1.82) is 0 Å². The number of nitrogens with one attached hydrogen (secondary N) is 1. The summed E-state index contributed by atoms with van der Waals surface area (Å²) < 4.78 is 0. The lowest BCUT2D eigenvalue weighted by Crippen LogP contribution is -2.38. The molecule has 0 aromatic carbocycles. The number of hydrogen-bond donors (Lipinski definition) is 1. The summed E-state index contributed by atoms with van der Waals surface area (Å²) in [6.45, 7) is 17.3. The van der Waals surface area contributed by atoms with E-state index in [9.17, 15) is 4.79 Å². The van der Waals surface area contributed by atoms with Gasteiger partial charge in [-0.05, 0) is 25.6 Å². The Morgan fingerprint density at radius 2 is 1.90 bits per heavy atom. The molecule has 162 valence electrons. The van der Waals surface area contributed by atoms with Crippen LogP contribution < -0.4 is 5.32 Å². The molecule has 0 radical (unpaired) electrons. The van der Waals surface area contributed by atoms with E-state index in [1.807, 2.05) is 24.4 Å². The number of carbonyl (C=O) groups excluding carboxylic acids is 1. The van der Waals surface area contributed by atoms with Gasteiger partial charge in [-0.1, -0.05) is 71.4 Å². The van der Waals surface area contributed by atoms with Crippen LogP contribution in [0, 0.1) is 5.41 Å². The van der Waals surface area contributed by atoms with Crippen LogP contribution in [0.4, 0.5) is 0 Å². The molecule has 0 fully saturated rings. The summed E-state index contributed by atoms with van der Waals surface area (Å²) in [6, 6.07) is 0.183. The number of carbonyl (C=O) groups is 1. The molecule has 0 aromatic rings. The average Bonchev–Trinajstić information content (AvgIpc) is 3.16. The van der Waals surface area contributed by atoms with Crippen LogP contribution in [-0.4, -0.2) is 35.8 Å². The Balaban J connectivity index is 2.22. The molecule has 0 bridgehead atoms. The SMILES string of the molecule is C=NC1=C(C(=C)N2/C=C/C=C\C=C\C(C)(C)C2)N=C(C(=O)NC(CCC)CCC)C1. The quantitative estimate of drug-likeness (QED) is 0.526. The summed E-state index contributed by atoms with van der Waals surface area (Å²) in [6.07, 6.45) is 16.6. The van der Waals surface area contributed by atoms with Crippen LogP contribution in [0.1, 0.15) is 59.8 Å². The summed E-state index contributed by atoms with van der Waals surface area (Å²) in [5.74, 6) is -0.114. The highest BCUT2D eigenvalue weighted by atomic mass is 16.2. The zero-order valence-electron chi connectivity index (χ0n) is 18.9. The molecule has 0 aliphatic carbocycles. The van der Waals surface area contributed by atoms with Gasteiger partial charge in [0.2, 0.25) is 0 Å². The fourth-order valence-electron chi connectivity index (χ4n) is 3.69. The maximum Gasteiger partial charge on any atom is 0.266 e. The normalized spacial score (nSPS) is 21.4. The fourth-order valence-corrected chi connectivity index (χ4v) is 3.69. The monoisotopic (exact) mass is 408 g/mol. The summed E-state index contributed by atoms with van der Waals surface area (Å²) in [4.78, 5) is 23.7. The van der Waals surface area contributed by atoms with Crippen molar-refractivity contribution in [3.05, 3.63) is 60.3 Å². The fraction of sp³-hybridized carbons (Fsp3) is 0.480. The molecule has 2 aliphatic rings. The second-order valence-electron chi connectivity index (χ2n) is 8.59. The third-order valence-electron chi connectivity index (χ3n) is 5.26. The van der Waals surface area contributed by atoms with Crippen LogP contribution in [0.5, 0.6) is 0 Å². The smallest absolute Gasteiger partial charge is 0.266 e. The minimum absolute atomic E-state index is 0.0552. The first-order valence-corrected chi connectivity index (χ1v) is 10.9. The zero-order chi connectivity index (χ0) is 22.1. The minimum Gasteiger partial charge on any atom is -0.348 e. The van der Waals surface area contributed by atoms with Gasteiger partial charge in [0, 0.05) is 30.6 Å². The molecule has 0 spiro atoms. The molecular weight excluding hydrogens is 372 g/mol. The van der Waals surface area contributed by atoms with Crippen molar-refractivity contribution in [3.8, 4) is 0 Å². The molecule has 0 atom stereocenters. The van der Waals surface area contributed by atoms with Crippen molar-refractivity contribution in [2.45, 2.75) is 65.8 Å². The van der Waals surface area contributed by atoms with E-state index in [2.05, 4.69) is 73.3 Å². The van der Waals surface area contributed by atoms with Crippen LogP contribution >= 0.6 is 0 Å². The van der Waals surface area contributed by atoms with Crippen molar-refractivity contribution in [2.24, 2.45) is 15.4 Å². The van der Waals surface area contributed by atoms with Crippen LogP contribution in [0.15, 0.2) is 70.2 Å². The van der Waals surface area contributed by atoms with Crippen molar-refractivity contribution in [1.82, 2.24) is 10.2 Å². The van der Waals surface area contributed by atoms with E-state index >= 15 is 0 Å². The second-order valence-corrected chi connectivity index (χ2v) is 8.59. The van der Waals surface area contributed by atoms with E-state index in [1.165, 1.54) is 0 Å². The summed E-state index contributed by atoms with van der Waals surface area (Å²) in [5, 5.41) is 3.15. The van der Waals surface area contributed by atoms with Crippen LogP contribution in [0.25, 0.3) is 0 Å². The lowest BCUT2D eigenvalue weighted by atomic mass is 9.92. The van der Waals surface area contributed by atoms with Gasteiger partial charge in [-0.25, -0.2) is 4.99 Å². The molecule has 1 amide bonds. The highest BCUT2D eigenvalue weighted by molar-refractivity contribution is 6.40. The Bertz CT molecular complexity index is 805. The predicted octanol–water partition coefficient (Wildman–Crippen LogP) is 5.31. The van der Waals surface area contributed by atoms with Gasteiger partial charge in [0.15, 0.2) is 0 Å². The maximum absolute atomic E-state index is 12.9. The largest absolute Gasteiger partial charge is 0.348 e. The standard InChI is InChI=1S/C25H36N4O/c1-7-13-20(14-8-2)27-24(30)22-17-21(26-6)23(28-22)19(3)29-16-12-10-9-11-15-25(4,5)18-29/h9-12,15-16,20H,3,6-8,13-14,17-18H2,1-2,4-5H3,(H,27,30)/b10-9-,15-11+,16-12+. The molecule has 0 unspecified atom stereocenters. The van der Waals surface area contributed by atoms with Crippen LogP contribution in [-0.2, 0) is 4.79 Å². The average molecular weight is 409 g/mol. The predicted molar refractivity (Wildman–Crippen MR) is 127 cm³/mol. The lowest BCUT2D eigenvalue weighted by Gasteiger charge is -2.31. The molecule has 30 heavy (non-hydrogen) atoms. The van der Waals surface area contributed by atoms with Crippen LogP contribution in [0.2, 0.25) is 0 Å². The number of allylic oxidation sites excluding steroid dienone is 5. The van der Waals surface area contributed by atoms with E-state index in [4.69, 9.17) is 0 Å². The number of hydrogen-bond acceptors (Lipinski definition) is 4. The van der Waals surface area contributed by atoms with Gasteiger partial charge < -0.3 is 10.2 Å². The Hall–Kier alpha value is -2.69. The van der Waals surface area contributed by atoms with Gasteiger partial charge in [-0.3, -0.25) is 9.79 Å². The molecule has 1 N–H and O–H groups in total. The molecule has 5 nitrogen and oxygen atoms in total. The third kappa shape index (κ3) is 6.41. The maximum atomic E-state index is 12.9. The molecule has 0 saturated carbocycles. The van der Waals surface area contributed by atoms with Crippen LogP contribution in [0.3, 0.4) is 0 Å². The third-order valence-corrected chi connectivity index (χ3v) is 5.26. The first-order valence-electron chi connectivity index (χ1n) is 10.9. The van der Waals surface area contributed by atoms with Gasteiger partial charge in [0.05, 0.1) is 11.4 Å². The van der Waals surface area contributed by atoms with E-state index in [0.717, 1.165) is 37.9 Å². The summed E-state index contributed by atoms with van der Waals surface area (Å²) in [7, 11) is 0. The van der Waals surface area contributed by atoms with E-state index < -0.39 is 0 Å². The molecular formula is C25H36N4O. The number of aliphatic imine (C=N–C) groups is 2. The number of nitrogens with zero attached hydrogens (tertiary/aromatic N) is 3. The zero-order valence-corrected chi connectivity index (χ0v) is 18.9.